The zero-order valence-electron chi connectivity index (χ0n) is 15.3. The van der Waals surface area contributed by atoms with Gasteiger partial charge in [0.05, 0.1) is 16.8 Å². The molecule has 3 rings (SSSR count). The van der Waals surface area contributed by atoms with Gasteiger partial charge in [0.25, 0.3) is 5.56 Å². The molecule has 0 amide bonds. The van der Waals surface area contributed by atoms with Crippen LogP contribution < -0.4 is 5.56 Å². The fourth-order valence-electron chi connectivity index (χ4n) is 3.65. The molecule has 0 spiro atoms. The van der Waals surface area contributed by atoms with Crippen molar-refractivity contribution in [3.05, 3.63) is 50.4 Å². The Morgan fingerprint density at radius 1 is 1.35 bits per heavy atom. The Morgan fingerprint density at radius 2 is 2.04 bits per heavy atom. The number of ketones is 1. The molecule has 8 heteroatoms. The largest absolute Gasteiger partial charge is 0.377 e. The van der Waals surface area contributed by atoms with Crippen LogP contribution in [0.25, 0.3) is 0 Å². The normalized spacial score (nSPS) is 18.5. The first-order chi connectivity index (χ1) is 12.2. The third-order valence-corrected chi connectivity index (χ3v) is 6.92. The number of nitrogens with zero attached hydrogens (tertiary/aromatic N) is 1. The summed E-state index contributed by atoms with van der Waals surface area (Å²) in [6, 6.07) is 1.56. The number of methoxy groups -OCH3 is 1. The molecule has 1 aliphatic rings. The van der Waals surface area contributed by atoms with Crippen molar-refractivity contribution in [1.29, 1.82) is 0 Å². The molecule has 0 aliphatic carbocycles. The molecule has 2 heterocycles. The molecule has 1 aromatic carbocycles. The summed E-state index contributed by atoms with van der Waals surface area (Å²) in [5.41, 5.74) is 1.58. The number of ether oxygens (including phenoxy) is 1. The number of H-pyrrole nitrogens is 1. The molecule has 0 fully saturated rings. The minimum atomic E-state index is -3.42. The maximum Gasteiger partial charge on any atom is 0.277 e. The molecule has 2 aromatic rings. The lowest BCUT2D eigenvalue weighted by atomic mass is 9.90. The van der Waals surface area contributed by atoms with Gasteiger partial charge in [0, 0.05) is 31.0 Å². The van der Waals surface area contributed by atoms with Gasteiger partial charge in [-0.15, -0.1) is 0 Å². The molecule has 7 nitrogen and oxygen atoms in total. The predicted octanol–water partition coefficient (Wildman–Crippen LogP) is 1.91. The lowest BCUT2D eigenvalue weighted by molar-refractivity contribution is 0.0951. The van der Waals surface area contributed by atoms with Crippen LogP contribution in [0.15, 0.2) is 22.0 Å². The van der Waals surface area contributed by atoms with Crippen molar-refractivity contribution in [3.63, 3.8) is 0 Å². The van der Waals surface area contributed by atoms with Crippen LogP contribution in [-0.2, 0) is 21.1 Å². The van der Waals surface area contributed by atoms with E-state index in [1.54, 1.807) is 26.8 Å². The topological polar surface area (TPSA) is 98.2 Å². The van der Waals surface area contributed by atoms with Gasteiger partial charge in [-0.2, -0.15) is 0 Å². The minimum Gasteiger partial charge on any atom is -0.377 e. The quantitative estimate of drug-likeness (QED) is 0.820. The first kappa shape index (κ1) is 18.6. The van der Waals surface area contributed by atoms with Crippen LogP contribution in [0.3, 0.4) is 0 Å². The molecular formula is C18H22N2O5S. The number of hydrogen-bond acceptors (Lipinski definition) is 5. The third-order valence-electron chi connectivity index (χ3n) is 4.98. The van der Waals surface area contributed by atoms with E-state index >= 15 is 0 Å². The van der Waals surface area contributed by atoms with Crippen molar-refractivity contribution in [2.45, 2.75) is 44.7 Å². The number of rotatable bonds is 4. The molecule has 1 aliphatic heterocycles. The number of carbonyl (C=O) groups is 1. The van der Waals surface area contributed by atoms with Crippen molar-refractivity contribution in [2.75, 3.05) is 12.9 Å². The lowest BCUT2D eigenvalue weighted by Gasteiger charge is -2.28. The van der Waals surface area contributed by atoms with Crippen molar-refractivity contribution >= 4 is 15.6 Å². The predicted molar refractivity (Wildman–Crippen MR) is 96.5 cm³/mol. The molecule has 26 heavy (non-hydrogen) atoms. The van der Waals surface area contributed by atoms with Gasteiger partial charge in [-0.25, -0.2) is 8.42 Å². The third kappa shape index (κ3) is 2.73. The van der Waals surface area contributed by atoms with Crippen molar-refractivity contribution in [1.82, 2.24) is 9.78 Å². The van der Waals surface area contributed by atoms with Gasteiger partial charge in [-0.05, 0) is 44.4 Å². The molecule has 1 unspecified atom stereocenters. The number of sulfone groups is 1. The molecular weight excluding hydrogens is 356 g/mol. The number of nitrogens with one attached hydrogen (secondary N) is 1. The van der Waals surface area contributed by atoms with Gasteiger partial charge < -0.3 is 9.84 Å². The average Bonchev–Trinajstić information content (AvgIpc) is 2.97. The highest BCUT2D eigenvalue weighted by Gasteiger charge is 2.35. The average molecular weight is 378 g/mol. The summed E-state index contributed by atoms with van der Waals surface area (Å²) >= 11 is 0. The molecule has 140 valence electrons. The highest BCUT2D eigenvalue weighted by atomic mass is 32.2. The van der Waals surface area contributed by atoms with Gasteiger partial charge in [0.2, 0.25) is 0 Å². The molecule has 0 saturated heterocycles. The summed E-state index contributed by atoms with van der Waals surface area (Å²) in [6.45, 7) is 5.61. The Morgan fingerprint density at radius 3 is 2.62 bits per heavy atom. The van der Waals surface area contributed by atoms with Crippen molar-refractivity contribution in [2.24, 2.45) is 0 Å². The number of aromatic nitrogens is 2. The number of aromatic amines is 1. The summed E-state index contributed by atoms with van der Waals surface area (Å²) in [4.78, 5) is 25.6. The van der Waals surface area contributed by atoms with E-state index in [-0.39, 0.29) is 21.8 Å². The fourth-order valence-corrected chi connectivity index (χ4v) is 5.55. The van der Waals surface area contributed by atoms with Crippen LogP contribution in [0, 0.1) is 13.8 Å². The molecule has 0 saturated carbocycles. The minimum absolute atomic E-state index is 0.0189. The van der Waals surface area contributed by atoms with E-state index in [0.29, 0.717) is 35.2 Å². The molecule has 0 bridgehead atoms. The van der Waals surface area contributed by atoms with E-state index in [1.807, 2.05) is 0 Å². The van der Waals surface area contributed by atoms with E-state index in [4.69, 9.17) is 4.74 Å². The maximum absolute atomic E-state index is 13.0. The van der Waals surface area contributed by atoms with Gasteiger partial charge in [-0.1, -0.05) is 0 Å². The Labute approximate surface area is 151 Å². The number of aryl methyl sites for hydroxylation is 2. The SMILES string of the molecule is CCn1[nH]cc(C(=O)c2cc(C)c3c(c2C)C(OC)CCS3(=O)=O)c1=O. The van der Waals surface area contributed by atoms with E-state index < -0.39 is 21.7 Å². The molecule has 0 radical (unpaired) electrons. The first-order valence-corrected chi connectivity index (χ1v) is 10.1. The lowest BCUT2D eigenvalue weighted by Crippen LogP contribution is -2.26. The number of carbonyl (C=O) groups excluding carboxylic acids is 1. The summed E-state index contributed by atoms with van der Waals surface area (Å²) in [7, 11) is -1.89. The van der Waals surface area contributed by atoms with Crippen LogP contribution in [0.4, 0.5) is 0 Å². The Bertz CT molecular complexity index is 1050. The van der Waals surface area contributed by atoms with Gasteiger partial charge in [-0.3, -0.25) is 14.3 Å². The fraction of sp³-hybridized carbons (Fsp3) is 0.444. The standard InChI is InChI=1S/C18H22N2O5S/c1-5-20-18(22)13(9-19-20)16(21)12-8-10(2)17-15(11(12)3)14(25-4)6-7-26(17,23)24/h8-9,14,19H,5-7H2,1-4H3. The second-order valence-electron chi connectivity index (χ2n) is 6.51. The van der Waals surface area contributed by atoms with Crippen LogP contribution in [0.1, 0.15) is 52.1 Å². The maximum atomic E-state index is 13.0. The summed E-state index contributed by atoms with van der Waals surface area (Å²) in [6.07, 6.45) is 1.35. The second kappa shape index (κ2) is 6.51. The highest BCUT2D eigenvalue weighted by molar-refractivity contribution is 7.91. The Kier molecular flexibility index (Phi) is 4.66. The highest BCUT2D eigenvalue weighted by Crippen LogP contribution is 2.40. The zero-order chi connectivity index (χ0) is 19.2. The summed E-state index contributed by atoms with van der Waals surface area (Å²) in [5.74, 6) is -0.398. The van der Waals surface area contributed by atoms with Crippen LogP contribution in [-0.4, -0.2) is 36.8 Å². The van der Waals surface area contributed by atoms with Crippen LogP contribution >= 0.6 is 0 Å². The monoisotopic (exact) mass is 378 g/mol. The van der Waals surface area contributed by atoms with E-state index in [9.17, 15) is 18.0 Å². The summed E-state index contributed by atoms with van der Waals surface area (Å²) < 4.78 is 31.9. The van der Waals surface area contributed by atoms with Crippen molar-refractivity contribution in [3.8, 4) is 0 Å². The van der Waals surface area contributed by atoms with Crippen molar-refractivity contribution < 1.29 is 17.9 Å². The first-order valence-electron chi connectivity index (χ1n) is 8.45. The molecule has 1 N–H and O–H groups in total. The Balaban J connectivity index is 2.25. The van der Waals surface area contributed by atoms with E-state index in [1.165, 1.54) is 18.0 Å². The second-order valence-corrected chi connectivity index (χ2v) is 8.55. The van der Waals surface area contributed by atoms with Crippen LogP contribution in [0.5, 0.6) is 0 Å². The number of fused-ring (bicyclic) bond motifs is 1. The summed E-state index contributed by atoms with van der Waals surface area (Å²) in [5, 5.41) is 2.77. The van der Waals surface area contributed by atoms with E-state index in [0.717, 1.165) is 0 Å². The van der Waals surface area contributed by atoms with Gasteiger partial charge >= 0.3 is 0 Å². The smallest absolute Gasteiger partial charge is 0.277 e. The molecule has 1 atom stereocenters. The van der Waals surface area contributed by atoms with E-state index in [2.05, 4.69) is 5.10 Å². The number of hydrogen-bond donors (Lipinski definition) is 1. The number of benzene rings is 1. The Hall–Kier alpha value is -2.19. The van der Waals surface area contributed by atoms with Gasteiger partial charge in [0.15, 0.2) is 15.6 Å². The van der Waals surface area contributed by atoms with Gasteiger partial charge in [0.1, 0.15) is 5.56 Å². The van der Waals surface area contributed by atoms with Crippen LogP contribution in [0.2, 0.25) is 0 Å². The zero-order valence-corrected chi connectivity index (χ0v) is 16.1. The molecule has 1 aromatic heterocycles.